The number of hydrogen-bond acceptors (Lipinski definition) is 5. The third-order valence-electron chi connectivity index (χ3n) is 5.91. The van der Waals surface area contributed by atoms with Crippen molar-refractivity contribution in [1.82, 2.24) is 15.2 Å². The van der Waals surface area contributed by atoms with Crippen LogP contribution in [-0.2, 0) is 16.2 Å². The van der Waals surface area contributed by atoms with Gasteiger partial charge in [-0.15, -0.1) is 0 Å². The molecule has 2 heterocycles. The Labute approximate surface area is 196 Å². The first-order valence-corrected chi connectivity index (χ1v) is 11.5. The molecule has 1 N–H and O–H groups in total. The maximum Gasteiger partial charge on any atom is 0.227 e. The van der Waals surface area contributed by atoms with Crippen LogP contribution < -0.4 is 14.8 Å². The Bertz CT molecular complexity index is 956. The Kier molecular flexibility index (Phi) is 7.95. The molecule has 1 aliphatic heterocycles. The second-order valence-electron chi connectivity index (χ2n) is 9.63. The maximum absolute atomic E-state index is 13.0. The zero-order valence-corrected chi connectivity index (χ0v) is 20.3. The van der Waals surface area contributed by atoms with Crippen molar-refractivity contribution in [1.29, 1.82) is 0 Å². The number of hydrogen-bond donors (Lipinski definition) is 1. The highest BCUT2D eigenvalue weighted by molar-refractivity contribution is 5.84. The fourth-order valence-corrected chi connectivity index (χ4v) is 3.98. The van der Waals surface area contributed by atoms with Crippen LogP contribution in [0.25, 0.3) is 0 Å². The number of nitrogens with one attached hydrogen (secondary N) is 1. The fourth-order valence-electron chi connectivity index (χ4n) is 3.98. The van der Waals surface area contributed by atoms with Crippen LogP contribution in [0.5, 0.6) is 11.5 Å². The van der Waals surface area contributed by atoms with E-state index in [-0.39, 0.29) is 23.8 Å². The van der Waals surface area contributed by atoms with Gasteiger partial charge in [-0.1, -0.05) is 26.8 Å². The van der Waals surface area contributed by atoms with Crippen molar-refractivity contribution in [2.75, 3.05) is 20.2 Å². The fraction of sp³-hybridized carbons (Fsp3) is 0.500. The summed E-state index contributed by atoms with van der Waals surface area (Å²) in [5.41, 5.74) is 1.50. The van der Waals surface area contributed by atoms with Gasteiger partial charge in [0, 0.05) is 30.9 Å². The molecule has 7 heteroatoms. The molecule has 2 atom stereocenters. The van der Waals surface area contributed by atoms with E-state index in [1.807, 2.05) is 62.9 Å². The summed E-state index contributed by atoms with van der Waals surface area (Å²) in [6.45, 7) is 9.30. The van der Waals surface area contributed by atoms with E-state index >= 15 is 0 Å². The largest absolute Gasteiger partial charge is 0.493 e. The quantitative estimate of drug-likeness (QED) is 0.682. The molecular formula is C26H35N3O4. The standard InChI is InChI=1S/C26H35N3O4/c1-18(28-24(30)21-7-6-14-29(16-21)25(31)26(2,3)4)20-8-9-22(23(15-20)32-5)33-17-19-10-12-27-13-11-19/h8-13,15,18,21H,6-7,14,16-17H2,1-5H3,(H,28,30). The minimum absolute atomic E-state index is 0.0223. The van der Waals surface area contributed by atoms with Gasteiger partial charge in [0.2, 0.25) is 11.8 Å². The first kappa shape index (κ1) is 24.6. The third kappa shape index (κ3) is 6.46. The third-order valence-corrected chi connectivity index (χ3v) is 5.91. The predicted molar refractivity (Wildman–Crippen MR) is 127 cm³/mol. The van der Waals surface area contributed by atoms with Crippen LogP contribution in [0, 0.1) is 11.3 Å². The number of pyridine rings is 1. The molecule has 2 aromatic rings. The van der Waals surface area contributed by atoms with Crippen LogP contribution in [0.15, 0.2) is 42.7 Å². The molecule has 33 heavy (non-hydrogen) atoms. The van der Waals surface area contributed by atoms with Crippen molar-refractivity contribution in [2.45, 2.75) is 53.2 Å². The summed E-state index contributed by atoms with van der Waals surface area (Å²) in [7, 11) is 1.60. The van der Waals surface area contributed by atoms with Crippen molar-refractivity contribution in [3.05, 3.63) is 53.9 Å². The van der Waals surface area contributed by atoms with Crippen LogP contribution >= 0.6 is 0 Å². The molecule has 1 saturated heterocycles. The molecule has 3 rings (SSSR count). The molecule has 1 aliphatic rings. The molecule has 0 aliphatic carbocycles. The van der Waals surface area contributed by atoms with Gasteiger partial charge in [0.25, 0.3) is 0 Å². The van der Waals surface area contributed by atoms with Crippen LogP contribution in [0.2, 0.25) is 0 Å². The Hall–Kier alpha value is -3.09. The van der Waals surface area contributed by atoms with Crippen LogP contribution in [0.4, 0.5) is 0 Å². The molecule has 0 radical (unpaired) electrons. The predicted octanol–water partition coefficient (Wildman–Crippen LogP) is 4.13. The lowest BCUT2D eigenvalue weighted by atomic mass is 9.90. The molecule has 2 unspecified atom stereocenters. The second kappa shape index (κ2) is 10.7. The summed E-state index contributed by atoms with van der Waals surface area (Å²) in [5.74, 6) is 1.13. The summed E-state index contributed by atoms with van der Waals surface area (Å²) < 4.78 is 11.4. The van der Waals surface area contributed by atoms with Crippen molar-refractivity contribution < 1.29 is 19.1 Å². The molecule has 0 bridgehead atoms. The van der Waals surface area contributed by atoms with Gasteiger partial charge in [0.15, 0.2) is 11.5 Å². The number of aromatic nitrogens is 1. The zero-order valence-electron chi connectivity index (χ0n) is 20.3. The van der Waals surface area contributed by atoms with E-state index in [1.165, 1.54) is 0 Å². The van der Waals surface area contributed by atoms with Gasteiger partial charge in [-0.3, -0.25) is 14.6 Å². The smallest absolute Gasteiger partial charge is 0.227 e. The van der Waals surface area contributed by atoms with E-state index in [1.54, 1.807) is 19.5 Å². The molecular weight excluding hydrogens is 418 g/mol. The average molecular weight is 454 g/mol. The number of likely N-dealkylation sites (tertiary alicyclic amines) is 1. The van der Waals surface area contributed by atoms with Gasteiger partial charge in [-0.25, -0.2) is 0 Å². The second-order valence-corrected chi connectivity index (χ2v) is 9.63. The molecule has 1 aromatic heterocycles. The maximum atomic E-state index is 13.0. The topological polar surface area (TPSA) is 80.8 Å². The van der Waals surface area contributed by atoms with Crippen LogP contribution in [-0.4, -0.2) is 41.9 Å². The van der Waals surface area contributed by atoms with E-state index in [0.29, 0.717) is 31.2 Å². The van der Waals surface area contributed by atoms with Gasteiger partial charge < -0.3 is 19.7 Å². The first-order chi connectivity index (χ1) is 15.7. The van der Waals surface area contributed by atoms with E-state index in [4.69, 9.17) is 9.47 Å². The normalized spacial score (nSPS) is 17.2. The summed E-state index contributed by atoms with van der Waals surface area (Å²) in [4.78, 5) is 31.5. The highest BCUT2D eigenvalue weighted by atomic mass is 16.5. The number of methoxy groups -OCH3 is 1. The SMILES string of the molecule is COc1cc(C(C)NC(=O)C2CCCN(C(=O)C(C)(C)C)C2)ccc1OCc1ccncc1. The van der Waals surface area contributed by atoms with Crippen molar-refractivity contribution in [3.63, 3.8) is 0 Å². The van der Waals surface area contributed by atoms with E-state index in [9.17, 15) is 9.59 Å². The monoisotopic (exact) mass is 453 g/mol. The lowest BCUT2D eigenvalue weighted by Gasteiger charge is -2.36. The average Bonchev–Trinajstić information content (AvgIpc) is 2.82. The van der Waals surface area contributed by atoms with Crippen molar-refractivity contribution >= 4 is 11.8 Å². The molecule has 178 valence electrons. The number of piperidine rings is 1. The number of amides is 2. The van der Waals surface area contributed by atoms with Gasteiger partial charge >= 0.3 is 0 Å². The zero-order chi connectivity index (χ0) is 24.0. The number of carbonyl (C=O) groups is 2. The minimum atomic E-state index is -0.441. The van der Waals surface area contributed by atoms with Gasteiger partial charge in [0.1, 0.15) is 6.61 Å². The number of rotatable bonds is 7. The summed E-state index contributed by atoms with van der Waals surface area (Å²) in [6, 6.07) is 9.30. The number of nitrogens with zero attached hydrogens (tertiary/aromatic N) is 2. The van der Waals surface area contributed by atoms with Crippen molar-refractivity contribution in [2.24, 2.45) is 11.3 Å². The molecule has 0 saturated carbocycles. The summed E-state index contributed by atoms with van der Waals surface area (Å²) in [6.07, 6.45) is 5.09. The lowest BCUT2D eigenvalue weighted by Crippen LogP contribution is -2.49. The van der Waals surface area contributed by atoms with Crippen LogP contribution in [0.3, 0.4) is 0 Å². The lowest BCUT2D eigenvalue weighted by molar-refractivity contribution is -0.142. The Morgan fingerprint density at radius 1 is 1.18 bits per heavy atom. The van der Waals surface area contributed by atoms with Crippen LogP contribution in [0.1, 0.15) is 57.7 Å². The van der Waals surface area contributed by atoms with Gasteiger partial charge in [-0.2, -0.15) is 0 Å². The number of benzene rings is 1. The minimum Gasteiger partial charge on any atom is -0.493 e. The van der Waals surface area contributed by atoms with E-state index < -0.39 is 5.41 Å². The number of carbonyl (C=O) groups excluding carboxylic acids is 2. The highest BCUT2D eigenvalue weighted by Crippen LogP contribution is 2.31. The molecule has 7 nitrogen and oxygen atoms in total. The van der Waals surface area contributed by atoms with Crippen molar-refractivity contribution in [3.8, 4) is 11.5 Å². The Morgan fingerprint density at radius 3 is 2.58 bits per heavy atom. The van der Waals surface area contributed by atoms with Gasteiger partial charge in [0.05, 0.1) is 19.1 Å². The highest BCUT2D eigenvalue weighted by Gasteiger charge is 2.33. The molecule has 2 amide bonds. The van der Waals surface area contributed by atoms with E-state index in [2.05, 4.69) is 10.3 Å². The summed E-state index contributed by atoms with van der Waals surface area (Å²) in [5, 5.41) is 3.11. The first-order valence-electron chi connectivity index (χ1n) is 11.5. The number of ether oxygens (including phenoxy) is 2. The Balaban J connectivity index is 1.61. The summed E-state index contributed by atoms with van der Waals surface area (Å²) >= 11 is 0. The molecule has 1 fully saturated rings. The van der Waals surface area contributed by atoms with E-state index in [0.717, 1.165) is 24.0 Å². The molecule has 0 spiro atoms. The molecule has 1 aromatic carbocycles. The Morgan fingerprint density at radius 2 is 1.91 bits per heavy atom. The van der Waals surface area contributed by atoms with Gasteiger partial charge in [-0.05, 0) is 55.2 Å².